The van der Waals surface area contributed by atoms with Crippen molar-refractivity contribution in [1.82, 2.24) is 5.32 Å². The van der Waals surface area contributed by atoms with E-state index in [2.05, 4.69) is 12.2 Å². The van der Waals surface area contributed by atoms with E-state index in [1.807, 2.05) is 37.3 Å². The van der Waals surface area contributed by atoms with Crippen LogP contribution in [0.4, 0.5) is 0 Å². The number of hydrogen-bond donors (Lipinski definition) is 1. The van der Waals surface area contributed by atoms with Gasteiger partial charge in [0.25, 0.3) is 0 Å². The topological polar surface area (TPSA) is 43.6 Å². The first-order chi connectivity index (χ1) is 9.70. The summed E-state index contributed by atoms with van der Waals surface area (Å²) in [5.74, 6) is 2.47. The van der Waals surface area contributed by atoms with Gasteiger partial charge in [0, 0.05) is 6.54 Å². The van der Waals surface area contributed by atoms with Gasteiger partial charge in [-0.2, -0.15) is 0 Å². The zero-order chi connectivity index (χ0) is 14.4. The van der Waals surface area contributed by atoms with Crippen LogP contribution in [0.25, 0.3) is 0 Å². The fraction of sp³-hybridized carbons (Fsp3) is 0.375. The first-order valence-corrected chi connectivity index (χ1v) is 6.75. The van der Waals surface area contributed by atoms with Crippen LogP contribution in [-0.4, -0.2) is 20.3 Å². The monoisotopic (exact) mass is 275 g/mol. The summed E-state index contributed by atoms with van der Waals surface area (Å²) in [7, 11) is 1.65. The number of nitrogens with one attached hydrogen (secondary N) is 1. The fourth-order valence-electron chi connectivity index (χ4n) is 1.97. The predicted molar refractivity (Wildman–Crippen MR) is 78.4 cm³/mol. The van der Waals surface area contributed by atoms with Gasteiger partial charge in [-0.05, 0) is 43.7 Å². The van der Waals surface area contributed by atoms with Crippen LogP contribution in [0.3, 0.4) is 0 Å². The molecule has 2 rings (SSSR count). The Balaban J connectivity index is 1.79. The molecule has 1 aromatic carbocycles. The molecule has 0 saturated heterocycles. The minimum absolute atomic E-state index is 0.175. The maximum absolute atomic E-state index is 5.73. The van der Waals surface area contributed by atoms with Crippen molar-refractivity contribution in [1.29, 1.82) is 0 Å². The van der Waals surface area contributed by atoms with Gasteiger partial charge >= 0.3 is 0 Å². The second-order valence-corrected chi connectivity index (χ2v) is 4.69. The van der Waals surface area contributed by atoms with E-state index in [9.17, 15) is 0 Å². The minimum atomic E-state index is 0.175. The molecule has 4 nitrogen and oxygen atoms in total. The Morgan fingerprint density at radius 3 is 2.80 bits per heavy atom. The fourth-order valence-corrected chi connectivity index (χ4v) is 1.97. The second-order valence-electron chi connectivity index (χ2n) is 4.69. The van der Waals surface area contributed by atoms with Crippen molar-refractivity contribution in [2.24, 2.45) is 0 Å². The molecule has 2 aromatic rings. The molecule has 20 heavy (non-hydrogen) atoms. The van der Waals surface area contributed by atoms with Crippen molar-refractivity contribution in [3.8, 4) is 11.5 Å². The lowest BCUT2D eigenvalue weighted by Crippen LogP contribution is -2.24. The summed E-state index contributed by atoms with van der Waals surface area (Å²) < 4.78 is 16.4. The summed E-state index contributed by atoms with van der Waals surface area (Å²) in [6.07, 6.45) is 1.68. The average molecular weight is 275 g/mol. The summed E-state index contributed by atoms with van der Waals surface area (Å²) in [5, 5.41) is 3.34. The highest BCUT2D eigenvalue weighted by Gasteiger charge is 2.07. The third-order valence-corrected chi connectivity index (χ3v) is 3.10. The second kappa shape index (κ2) is 7.01. The number of hydrogen-bond acceptors (Lipinski definition) is 4. The molecule has 0 aliphatic rings. The number of rotatable bonds is 7. The van der Waals surface area contributed by atoms with Crippen molar-refractivity contribution in [2.75, 3.05) is 20.3 Å². The van der Waals surface area contributed by atoms with Crippen molar-refractivity contribution >= 4 is 0 Å². The van der Waals surface area contributed by atoms with E-state index in [1.165, 1.54) is 0 Å². The molecule has 4 heteroatoms. The summed E-state index contributed by atoms with van der Waals surface area (Å²) in [5.41, 5.74) is 1.15. The molecule has 1 heterocycles. The molecule has 1 aromatic heterocycles. The minimum Gasteiger partial charge on any atom is -0.493 e. The number of methoxy groups -OCH3 is 1. The molecule has 0 radical (unpaired) electrons. The van der Waals surface area contributed by atoms with Gasteiger partial charge < -0.3 is 19.2 Å². The van der Waals surface area contributed by atoms with Crippen LogP contribution in [0.5, 0.6) is 11.5 Å². The standard InChI is InChI=1S/C16H21NO3/c1-12-6-7-15(16(11-12)18-3)20-10-8-17-13(2)14-5-4-9-19-14/h4-7,9,11,13,17H,8,10H2,1-3H3. The summed E-state index contributed by atoms with van der Waals surface area (Å²) in [4.78, 5) is 0. The highest BCUT2D eigenvalue weighted by molar-refractivity contribution is 5.42. The largest absolute Gasteiger partial charge is 0.493 e. The Morgan fingerprint density at radius 1 is 1.25 bits per heavy atom. The quantitative estimate of drug-likeness (QED) is 0.787. The summed E-state index contributed by atoms with van der Waals surface area (Å²) in [6.45, 7) is 5.40. The highest BCUT2D eigenvalue weighted by Crippen LogP contribution is 2.27. The summed E-state index contributed by atoms with van der Waals surface area (Å²) >= 11 is 0. The molecular formula is C16H21NO3. The van der Waals surface area contributed by atoms with Crippen molar-refractivity contribution in [2.45, 2.75) is 19.9 Å². The van der Waals surface area contributed by atoms with Crippen molar-refractivity contribution < 1.29 is 13.9 Å². The first-order valence-electron chi connectivity index (χ1n) is 6.75. The Hall–Kier alpha value is -1.94. The lowest BCUT2D eigenvalue weighted by atomic mass is 10.2. The Kier molecular flexibility index (Phi) is 5.07. The van der Waals surface area contributed by atoms with E-state index in [1.54, 1.807) is 13.4 Å². The van der Waals surface area contributed by atoms with Crippen LogP contribution in [0.15, 0.2) is 41.0 Å². The summed E-state index contributed by atoms with van der Waals surface area (Å²) in [6, 6.07) is 9.94. The van der Waals surface area contributed by atoms with E-state index in [-0.39, 0.29) is 6.04 Å². The van der Waals surface area contributed by atoms with E-state index >= 15 is 0 Å². The maximum Gasteiger partial charge on any atom is 0.161 e. The average Bonchev–Trinajstić information content (AvgIpc) is 2.98. The molecule has 0 saturated carbocycles. The van der Waals surface area contributed by atoms with Gasteiger partial charge in [-0.3, -0.25) is 0 Å². The Bertz CT molecular complexity index is 523. The van der Waals surface area contributed by atoms with E-state index in [0.717, 1.165) is 29.4 Å². The van der Waals surface area contributed by atoms with Crippen LogP contribution < -0.4 is 14.8 Å². The molecule has 0 amide bonds. The van der Waals surface area contributed by atoms with Gasteiger partial charge in [0.15, 0.2) is 11.5 Å². The molecule has 0 bridgehead atoms. The number of aryl methyl sites for hydroxylation is 1. The number of furan rings is 1. The van der Waals surface area contributed by atoms with Gasteiger partial charge in [0.2, 0.25) is 0 Å². The molecule has 0 aliphatic carbocycles. The smallest absolute Gasteiger partial charge is 0.161 e. The zero-order valence-electron chi connectivity index (χ0n) is 12.2. The molecule has 0 aliphatic heterocycles. The number of ether oxygens (including phenoxy) is 2. The third kappa shape index (κ3) is 3.78. The van der Waals surface area contributed by atoms with Crippen molar-refractivity contribution in [3.63, 3.8) is 0 Å². The van der Waals surface area contributed by atoms with Gasteiger partial charge in [0.05, 0.1) is 19.4 Å². The van der Waals surface area contributed by atoms with E-state index in [0.29, 0.717) is 6.61 Å². The predicted octanol–water partition coefficient (Wildman–Crippen LogP) is 3.33. The molecule has 0 fully saturated rings. The van der Waals surface area contributed by atoms with Crippen LogP contribution in [0.1, 0.15) is 24.3 Å². The van der Waals surface area contributed by atoms with Gasteiger partial charge in [-0.1, -0.05) is 6.07 Å². The third-order valence-electron chi connectivity index (χ3n) is 3.10. The van der Waals surface area contributed by atoms with Crippen LogP contribution in [0, 0.1) is 6.92 Å². The zero-order valence-corrected chi connectivity index (χ0v) is 12.2. The maximum atomic E-state index is 5.73. The van der Waals surface area contributed by atoms with Crippen LogP contribution in [0.2, 0.25) is 0 Å². The lowest BCUT2D eigenvalue weighted by molar-refractivity contribution is 0.284. The molecular weight excluding hydrogens is 254 g/mol. The van der Waals surface area contributed by atoms with Gasteiger partial charge in [-0.25, -0.2) is 0 Å². The van der Waals surface area contributed by atoms with E-state index < -0.39 is 0 Å². The SMILES string of the molecule is COc1cc(C)ccc1OCCNC(C)c1ccco1. The first kappa shape index (κ1) is 14.5. The molecule has 1 unspecified atom stereocenters. The normalized spacial score (nSPS) is 12.2. The van der Waals surface area contributed by atoms with Crippen molar-refractivity contribution in [3.05, 3.63) is 47.9 Å². The highest BCUT2D eigenvalue weighted by atomic mass is 16.5. The molecule has 1 N–H and O–H groups in total. The van der Waals surface area contributed by atoms with Gasteiger partial charge in [-0.15, -0.1) is 0 Å². The molecule has 1 atom stereocenters. The number of benzene rings is 1. The van der Waals surface area contributed by atoms with Crippen LogP contribution >= 0.6 is 0 Å². The Labute approximate surface area is 119 Å². The Morgan fingerprint density at radius 2 is 2.10 bits per heavy atom. The van der Waals surface area contributed by atoms with E-state index in [4.69, 9.17) is 13.9 Å². The molecule has 108 valence electrons. The molecule has 0 spiro atoms. The lowest BCUT2D eigenvalue weighted by Gasteiger charge is -2.14. The van der Waals surface area contributed by atoms with Crippen LogP contribution in [-0.2, 0) is 0 Å². The van der Waals surface area contributed by atoms with Gasteiger partial charge in [0.1, 0.15) is 12.4 Å².